The minimum atomic E-state index is -0.797. The highest BCUT2D eigenvalue weighted by molar-refractivity contribution is 6.00. The van der Waals surface area contributed by atoms with Crippen molar-refractivity contribution in [3.8, 4) is 0 Å². The molecule has 0 spiro atoms. The van der Waals surface area contributed by atoms with Gasteiger partial charge in [-0.05, 0) is 38.4 Å². The van der Waals surface area contributed by atoms with Gasteiger partial charge in [0.2, 0.25) is 11.8 Å². The Kier molecular flexibility index (Phi) is 6.35. The quantitative estimate of drug-likeness (QED) is 0.852. The van der Waals surface area contributed by atoms with E-state index in [1.54, 1.807) is 0 Å². The summed E-state index contributed by atoms with van der Waals surface area (Å²) in [7, 11) is 0. The molecule has 3 rings (SSSR count). The van der Waals surface area contributed by atoms with Gasteiger partial charge in [0.1, 0.15) is 11.6 Å². The molecule has 1 aromatic carbocycles. The number of benzene rings is 1. The van der Waals surface area contributed by atoms with Crippen LogP contribution in [0.3, 0.4) is 0 Å². The van der Waals surface area contributed by atoms with E-state index < -0.39 is 17.6 Å². The van der Waals surface area contributed by atoms with Crippen molar-refractivity contribution < 1.29 is 18.4 Å². The lowest BCUT2D eigenvalue weighted by molar-refractivity contribution is -0.127. The van der Waals surface area contributed by atoms with Gasteiger partial charge in [-0.25, -0.2) is 8.78 Å². The van der Waals surface area contributed by atoms with Crippen LogP contribution in [0.25, 0.3) is 0 Å². The van der Waals surface area contributed by atoms with E-state index in [0.29, 0.717) is 0 Å². The smallest absolute Gasteiger partial charge is 0.227 e. The van der Waals surface area contributed by atoms with E-state index in [9.17, 15) is 18.4 Å². The number of carbonyl (C=O) groups is 2. The first-order chi connectivity index (χ1) is 11.5. The third kappa shape index (κ3) is 4.27. The summed E-state index contributed by atoms with van der Waals surface area (Å²) < 4.78 is 26.9. The Balaban J connectivity index is 0.00000225. The summed E-state index contributed by atoms with van der Waals surface area (Å²) in [5.41, 5.74) is 0.0180. The summed E-state index contributed by atoms with van der Waals surface area (Å²) in [5.74, 6) is -2.52. The number of anilines is 1. The molecule has 0 radical (unpaired) electrons. The van der Waals surface area contributed by atoms with Crippen LogP contribution in [0.1, 0.15) is 26.2 Å². The molecular formula is C17H22ClF2N3O2. The van der Waals surface area contributed by atoms with E-state index in [1.165, 1.54) is 11.0 Å². The van der Waals surface area contributed by atoms with Crippen LogP contribution >= 0.6 is 12.4 Å². The maximum Gasteiger partial charge on any atom is 0.227 e. The van der Waals surface area contributed by atoms with Crippen LogP contribution in [-0.2, 0) is 9.59 Å². The van der Waals surface area contributed by atoms with Gasteiger partial charge in [0.15, 0.2) is 0 Å². The molecule has 5 nitrogen and oxygen atoms in total. The molecule has 138 valence electrons. The first kappa shape index (κ1) is 19.6. The van der Waals surface area contributed by atoms with Crippen LogP contribution in [0, 0.1) is 17.6 Å². The maximum absolute atomic E-state index is 13.9. The summed E-state index contributed by atoms with van der Waals surface area (Å²) in [6, 6.07) is 3.30. The average molecular weight is 374 g/mol. The van der Waals surface area contributed by atoms with E-state index in [-0.39, 0.29) is 55.0 Å². The highest BCUT2D eigenvalue weighted by atomic mass is 35.5. The number of carbonyl (C=O) groups excluding carboxylic acids is 2. The highest BCUT2D eigenvalue weighted by Gasteiger charge is 2.37. The van der Waals surface area contributed by atoms with E-state index in [0.717, 1.165) is 31.5 Å². The maximum atomic E-state index is 13.9. The van der Waals surface area contributed by atoms with Gasteiger partial charge < -0.3 is 15.5 Å². The number of hydrogen-bond acceptors (Lipinski definition) is 3. The molecule has 2 saturated heterocycles. The molecule has 0 saturated carbocycles. The number of rotatable bonds is 3. The molecule has 1 aromatic rings. The van der Waals surface area contributed by atoms with Gasteiger partial charge in [-0.1, -0.05) is 0 Å². The molecule has 2 fully saturated rings. The van der Waals surface area contributed by atoms with Crippen molar-refractivity contribution >= 4 is 29.9 Å². The second kappa shape index (κ2) is 8.10. The van der Waals surface area contributed by atoms with E-state index >= 15 is 0 Å². The van der Waals surface area contributed by atoms with Gasteiger partial charge in [-0.2, -0.15) is 0 Å². The Morgan fingerprint density at radius 3 is 2.80 bits per heavy atom. The number of hydrogen-bond donors (Lipinski definition) is 2. The summed E-state index contributed by atoms with van der Waals surface area (Å²) in [4.78, 5) is 25.8. The third-order valence-corrected chi connectivity index (χ3v) is 4.79. The predicted octanol–water partition coefficient (Wildman–Crippen LogP) is 2.00. The van der Waals surface area contributed by atoms with Crippen molar-refractivity contribution in [2.45, 2.75) is 38.3 Å². The van der Waals surface area contributed by atoms with Crippen LogP contribution < -0.4 is 15.5 Å². The fourth-order valence-corrected chi connectivity index (χ4v) is 3.36. The topological polar surface area (TPSA) is 61.4 Å². The average Bonchev–Trinajstić information content (AvgIpc) is 2.91. The zero-order valence-electron chi connectivity index (χ0n) is 13.9. The zero-order valence-corrected chi connectivity index (χ0v) is 14.7. The molecule has 3 atom stereocenters. The normalized spacial score (nSPS) is 26.3. The van der Waals surface area contributed by atoms with Crippen LogP contribution in [0.15, 0.2) is 18.2 Å². The molecule has 2 aliphatic heterocycles. The Hall–Kier alpha value is -1.73. The van der Waals surface area contributed by atoms with Crippen molar-refractivity contribution in [2.75, 3.05) is 18.0 Å². The summed E-state index contributed by atoms with van der Waals surface area (Å²) in [5, 5.41) is 6.30. The monoisotopic (exact) mass is 373 g/mol. The number of piperidine rings is 1. The van der Waals surface area contributed by atoms with Gasteiger partial charge >= 0.3 is 0 Å². The van der Waals surface area contributed by atoms with Gasteiger partial charge in [-0.3, -0.25) is 9.59 Å². The zero-order chi connectivity index (χ0) is 17.3. The fraction of sp³-hybridized carbons (Fsp3) is 0.529. The number of nitrogens with one attached hydrogen (secondary N) is 2. The fourth-order valence-electron chi connectivity index (χ4n) is 3.36. The first-order valence-electron chi connectivity index (χ1n) is 8.25. The van der Waals surface area contributed by atoms with Crippen LogP contribution in [0.5, 0.6) is 0 Å². The van der Waals surface area contributed by atoms with Crippen LogP contribution in [-0.4, -0.2) is 37.0 Å². The molecule has 0 bridgehead atoms. The lowest BCUT2D eigenvalue weighted by atomic mass is 9.98. The highest BCUT2D eigenvalue weighted by Crippen LogP contribution is 2.28. The Morgan fingerprint density at radius 2 is 2.12 bits per heavy atom. The predicted molar refractivity (Wildman–Crippen MR) is 92.7 cm³/mol. The molecule has 8 heteroatoms. The summed E-state index contributed by atoms with van der Waals surface area (Å²) >= 11 is 0. The van der Waals surface area contributed by atoms with Crippen molar-refractivity contribution in [1.29, 1.82) is 0 Å². The second-order valence-corrected chi connectivity index (χ2v) is 6.50. The molecule has 2 aliphatic rings. The Morgan fingerprint density at radius 1 is 1.36 bits per heavy atom. The Bertz CT molecular complexity index is 659. The van der Waals surface area contributed by atoms with E-state index in [2.05, 4.69) is 10.6 Å². The largest absolute Gasteiger partial charge is 0.352 e. The minimum Gasteiger partial charge on any atom is -0.352 e. The molecule has 3 unspecified atom stereocenters. The van der Waals surface area contributed by atoms with Crippen molar-refractivity contribution in [2.24, 2.45) is 5.92 Å². The molecule has 0 aromatic heterocycles. The summed E-state index contributed by atoms with van der Waals surface area (Å²) in [6.07, 6.45) is 1.93. The lowest BCUT2D eigenvalue weighted by Crippen LogP contribution is -2.53. The lowest BCUT2D eigenvalue weighted by Gasteiger charge is -2.31. The number of halogens is 3. The molecule has 25 heavy (non-hydrogen) atoms. The van der Waals surface area contributed by atoms with Crippen molar-refractivity contribution in [3.63, 3.8) is 0 Å². The number of amides is 2. The van der Waals surface area contributed by atoms with E-state index in [1.807, 2.05) is 6.92 Å². The van der Waals surface area contributed by atoms with Crippen LogP contribution in [0.4, 0.5) is 14.5 Å². The minimum absolute atomic E-state index is 0. The van der Waals surface area contributed by atoms with Crippen molar-refractivity contribution in [1.82, 2.24) is 10.6 Å². The molecule has 2 N–H and O–H groups in total. The van der Waals surface area contributed by atoms with Gasteiger partial charge in [0.25, 0.3) is 0 Å². The number of nitrogens with zero attached hydrogens (tertiary/aromatic N) is 1. The second-order valence-electron chi connectivity index (χ2n) is 6.50. The molecule has 2 amide bonds. The Labute approximate surface area is 151 Å². The molecular weight excluding hydrogens is 352 g/mol. The standard InChI is InChI=1S/C17H21F2N3O2.ClH/c1-10-14(3-2-6-20-10)21-17(24)11-7-16(23)22(9-11)15-5-4-12(18)8-13(15)19;/h4-5,8,10-11,14,20H,2-3,6-7,9H2,1H3,(H,21,24);1H. The third-order valence-electron chi connectivity index (χ3n) is 4.79. The molecule has 2 heterocycles. The van der Waals surface area contributed by atoms with Gasteiger partial charge in [0.05, 0.1) is 11.6 Å². The van der Waals surface area contributed by atoms with Crippen LogP contribution in [0.2, 0.25) is 0 Å². The van der Waals surface area contributed by atoms with E-state index in [4.69, 9.17) is 0 Å². The first-order valence-corrected chi connectivity index (χ1v) is 8.25. The molecule has 0 aliphatic carbocycles. The van der Waals surface area contributed by atoms with Gasteiger partial charge in [0, 0.05) is 31.1 Å². The van der Waals surface area contributed by atoms with Crippen molar-refractivity contribution in [3.05, 3.63) is 29.8 Å². The summed E-state index contributed by atoms with van der Waals surface area (Å²) in [6.45, 7) is 3.07. The van der Waals surface area contributed by atoms with Gasteiger partial charge in [-0.15, -0.1) is 12.4 Å². The SMILES string of the molecule is CC1NCCCC1NC(=O)C1CC(=O)N(c2ccc(F)cc2F)C1.Cl.